The first kappa shape index (κ1) is 20.2. The molecule has 0 saturated carbocycles. The molecule has 0 fully saturated rings. The van der Waals surface area contributed by atoms with Gasteiger partial charge in [-0.2, -0.15) is 0 Å². The molecule has 3 aromatic rings. The van der Waals surface area contributed by atoms with Gasteiger partial charge in [-0.15, -0.1) is 0 Å². The summed E-state index contributed by atoms with van der Waals surface area (Å²) in [6.45, 7) is 5.88. The van der Waals surface area contributed by atoms with Crippen LogP contribution in [0.2, 0.25) is 0 Å². The van der Waals surface area contributed by atoms with Crippen molar-refractivity contribution in [1.82, 2.24) is 5.32 Å². The van der Waals surface area contributed by atoms with Gasteiger partial charge < -0.3 is 19.8 Å². The number of rotatable bonds is 7. The molecule has 0 aliphatic carbocycles. The van der Waals surface area contributed by atoms with E-state index in [-0.39, 0.29) is 18.4 Å². The number of carbonyl (C=O) groups excluding carboxylic acids is 2. The number of para-hydroxylation sites is 1. The molecule has 29 heavy (non-hydrogen) atoms. The number of ether oxygens (including phenoxy) is 1. The molecule has 3 rings (SSSR count). The predicted octanol–water partition coefficient (Wildman–Crippen LogP) is 4.23. The summed E-state index contributed by atoms with van der Waals surface area (Å²) in [5.74, 6) is 0.662. The Balaban J connectivity index is 1.66. The van der Waals surface area contributed by atoms with E-state index >= 15 is 0 Å². The van der Waals surface area contributed by atoms with Gasteiger partial charge in [0, 0.05) is 0 Å². The van der Waals surface area contributed by atoms with E-state index in [0.29, 0.717) is 22.8 Å². The quantitative estimate of drug-likeness (QED) is 0.630. The molecule has 1 atom stereocenters. The molecule has 1 heterocycles. The molecule has 0 radical (unpaired) electrons. The van der Waals surface area contributed by atoms with Gasteiger partial charge in [-0.25, -0.2) is 0 Å². The van der Waals surface area contributed by atoms with E-state index in [4.69, 9.17) is 9.15 Å². The fourth-order valence-corrected chi connectivity index (χ4v) is 2.88. The number of carbonyl (C=O) groups is 2. The Kier molecular flexibility index (Phi) is 6.34. The first-order valence-electron chi connectivity index (χ1n) is 9.38. The number of anilines is 1. The Labute approximate surface area is 169 Å². The van der Waals surface area contributed by atoms with Gasteiger partial charge in [0.25, 0.3) is 11.8 Å². The van der Waals surface area contributed by atoms with Crippen molar-refractivity contribution in [2.75, 3.05) is 5.32 Å². The molecule has 0 spiro atoms. The molecule has 2 amide bonds. The molecule has 0 unspecified atom stereocenters. The molecule has 0 saturated heterocycles. The third kappa shape index (κ3) is 5.25. The third-order valence-electron chi connectivity index (χ3n) is 4.44. The van der Waals surface area contributed by atoms with Crippen LogP contribution in [0.4, 0.5) is 5.69 Å². The van der Waals surface area contributed by atoms with Gasteiger partial charge in [-0.1, -0.05) is 29.8 Å². The SMILES string of the molecule is Cc1ccc(O[C@H](C)C(=O)Nc2ccccc2C(=O)NCc2ccco2)c(C)c1. The van der Waals surface area contributed by atoms with Crippen molar-refractivity contribution in [3.63, 3.8) is 0 Å². The van der Waals surface area contributed by atoms with Crippen molar-refractivity contribution in [2.45, 2.75) is 33.4 Å². The number of aryl methyl sites for hydroxylation is 2. The highest BCUT2D eigenvalue weighted by Gasteiger charge is 2.19. The average Bonchev–Trinajstić information content (AvgIpc) is 3.22. The van der Waals surface area contributed by atoms with E-state index in [1.54, 1.807) is 49.6 Å². The van der Waals surface area contributed by atoms with Gasteiger partial charge >= 0.3 is 0 Å². The van der Waals surface area contributed by atoms with Crippen LogP contribution in [0.5, 0.6) is 5.75 Å². The summed E-state index contributed by atoms with van der Waals surface area (Å²) in [6, 6.07) is 16.2. The molecule has 150 valence electrons. The lowest BCUT2D eigenvalue weighted by Crippen LogP contribution is -2.31. The zero-order valence-corrected chi connectivity index (χ0v) is 16.7. The van der Waals surface area contributed by atoms with Gasteiger partial charge in [0.15, 0.2) is 6.10 Å². The van der Waals surface area contributed by atoms with Crippen LogP contribution in [0.1, 0.15) is 34.2 Å². The standard InChI is InChI=1S/C23H24N2O4/c1-15-10-11-21(16(2)13-15)29-17(3)22(26)25-20-9-5-4-8-19(20)23(27)24-14-18-7-6-12-28-18/h4-13,17H,14H2,1-3H3,(H,24,27)(H,25,26)/t17-/m1/s1. The van der Waals surface area contributed by atoms with Gasteiger partial charge in [-0.05, 0) is 56.7 Å². The van der Waals surface area contributed by atoms with E-state index in [1.165, 1.54) is 0 Å². The molecule has 6 nitrogen and oxygen atoms in total. The summed E-state index contributed by atoms with van der Waals surface area (Å²) in [7, 11) is 0. The first-order valence-corrected chi connectivity index (χ1v) is 9.38. The molecule has 1 aromatic heterocycles. The molecule has 2 aromatic carbocycles. The Morgan fingerprint density at radius 3 is 2.59 bits per heavy atom. The molecule has 0 bridgehead atoms. The maximum atomic E-state index is 12.6. The third-order valence-corrected chi connectivity index (χ3v) is 4.44. The van der Waals surface area contributed by atoms with Crippen LogP contribution in [0.15, 0.2) is 65.3 Å². The van der Waals surface area contributed by atoms with Crippen molar-refractivity contribution < 1.29 is 18.7 Å². The van der Waals surface area contributed by atoms with Crippen molar-refractivity contribution in [1.29, 1.82) is 0 Å². The number of furan rings is 1. The van der Waals surface area contributed by atoms with Crippen LogP contribution in [-0.4, -0.2) is 17.9 Å². The van der Waals surface area contributed by atoms with E-state index < -0.39 is 6.10 Å². The molecular weight excluding hydrogens is 368 g/mol. The zero-order valence-electron chi connectivity index (χ0n) is 16.7. The Bertz CT molecular complexity index is 996. The highest BCUT2D eigenvalue weighted by atomic mass is 16.5. The molecule has 6 heteroatoms. The Morgan fingerprint density at radius 1 is 1.07 bits per heavy atom. The van der Waals surface area contributed by atoms with Crippen LogP contribution in [0, 0.1) is 13.8 Å². The predicted molar refractivity (Wildman–Crippen MR) is 111 cm³/mol. The average molecular weight is 392 g/mol. The van der Waals surface area contributed by atoms with Gasteiger partial charge in [0.1, 0.15) is 11.5 Å². The van der Waals surface area contributed by atoms with Crippen LogP contribution >= 0.6 is 0 Å². The lowest BCUT2D eigenvalue weighted by Gasteiger charge is -2.17. The fourth-order valence-electron chi connectivity index (χ4n) is 2.88. The van der Waals surface area contributed by atoms with E-state index in [1.807, 2.05) is 32.0 Å². The minimum atomic E-state index is -0.726. The number of hydrogen-bond acceptors (Lipinski definition) is 4. The first-order chi connectivity index (χ1) is 13.9. The van der Waals surface area contributed by atoms with Crippen LogP contribution in [0.3, 0.4) is 0 Å². The highest BCUT2D eigenvalue weighted by Crippen LogP contribution is 2.21. The van der Waals surface area contributed by atoms with Gasteiger partial charge in [-0.3, -0.25) is 9.59 Å². The normalized spacial score (nSPS) is 11.6. The fraction of sp³-hybridized carbons (Fsp3) is 0.217. The second-order valence-corrected chi connectivity index (χ2v) is 6.83. The topological polar surface area (TPSA) is 80.6 Å². The maximum Gasteiger partial charge on any atom is 0.265 e. The number of nitrogens with one attached hydrogen (secondary N) is 2. The minimum Gasteiger partial charge on any atom is -0.481 e. The van der Waals surface area contributed by atoms with Crippen molar-refractivity contribution in [3.8, 4) is 5.75 Å². The Morgan fingerprint density at radius 2 is 1.86 bits per heavy atom. The summed E-state index contributed by atoms with van der Waals surface area (Å²) >= 11 is 0. The molecule has 2 N–H and O–H groups in total. The second-order valence-electron chi connectivity index (χ2n) is 6.83. The summed E-state index contributed by atoms with van der Waals surface area (Å²) in [5.41, 5.74) is 2.88. The van der Waals surface area contributed by atoms with Crippen molar-refractivity contribution in [3.05, 3.63) is 83.3 Å². The number of benzene rings is 2. The summed E-state index contributed by atoms with van der Waals surface area (Å²) in [6.07, 6.45) is 0.822. The minimum absolute atomic E-state index is 0.264. The zero-order chi connectivity index (χ0) is 20.8. The van der Waals surface area contributed by atoms with Gasteiger partial charge in [0.2, 0.25) is 0 Å². The lowest BCUT2D eigenvalue weighted by atomic mass is 10.1. The largest absolute Gasteiger partial charge is 0.481 e. The van der Waals surface area contributed by atoms with Crippen LogP contribution < -0.4 is 15.4 Å². The Hall–Kier alpha value is -3.54. The number of hydrogen-bond donors (Lipinski definition) is 2. The van der Waals surface area contributed by atoms with E-state index in [0.717, 1.165) is 11.1 Å². The number of amides is 2. The second kappa shape index (κ2) is 9.10. The van der Waals surface area contributed by atoms with Crippen LogP contribution in [-0.2, 0) is 11.3 Å². The van der Waals surface area contributed by atoms with Crippen LogP contribution in [0.25, 0.3) is 0 Å². The van der Waals surface area contributed by atoms with Crippen molar-refractivity contribution >= 4 is 17.5 Å². The lowest BCUT2D eigenvalue weighted by molar-refractivity contribution is -0.122. The molecular formula is C23H24N2O4. The molecule has 0 aliphatic heterocycles. The summed E-state index contributed by atoms with van der Waals surface area (Å²) < 4.78 is 11.0. The molecule has 0 aliphatic rings. The van der Waals surface area contributed by atoms with Crippen molar-refractivity contribution in [2.24, 2.45) is 0 Å². The monoisotopic (exact) mass is 392 g/mol. The smallest absolute Gasteiger partial charge is 0.265 e. The summed E-state index contributed by atoms with van der Waals surface area (Å²) in [5, 5.41) is 5.57. The van der Waals surface area contributed by atoms with Gasteiger partial charge in [0.05, 0.1) is 24.1 Å². The van der Waals surface area contributed by atoms with E-state index in [9.17, 15) is 9.59 Å². The maximum absolute atomic E-state index is 12.6. The summed E-state index contributed by atoms with van der Waals surface area (Å²) in [4.78, 5) is 25.2. The van der Waals surface area contributed by atoms with E-state index in [2.05, 4.69) is 10.6 Å². The highest BCUT2D eigenvalue weighted by molar-refractivity contribution is 6.04.